The van der Waals surface area contributed by atoms with Crippen LogP contribution in [0.1, 0.15) is 13.3 Å². The van der Waals surface area contributed by atoms with Crippen molar-refractivity contribution in [1.82, 2.24) is 15.0 Å². The minimum absolute atomic E-state index is 0.190. The number of aromatic nitrogens is 3. The van der Waals surface area contributed by atoms with Crippen LogP contribution in [0, 0.1) is 0 Å². The smallest absolute Gasteiger partial charge is 0.233 e. The lowest BCUT2D eigenvalue weighted by atomic mass is 10.3. The molecular formula is C22H28N6O3. The predicted octanol–water partition coefficient (Wildman–Crippen LogP) is 3.92. The van der Waals surface area contributed by atoms with Gasteiger partial charge in [-0.1, -0.05) is 25.1 Å². The summed E-state index contributed by atoms with van der Waals surface area (Å²) in [5, 5.41) is 18.9. The Morgan fingerprint density at radius 2 is 1.29 bits per heavy atom. The lowest BCUT2D eigenvalue weighted by Crippen LogP contribution is -2.15. The molecule has 0 radical (unpaired) electrons. The van der Waals surface area contributed by atoms with E-state index in [2.05, 4.69) is 37.8 Å². The van der Waals surface area contributed by atoms with Gasteiger partial charge in [-0.25, -0.2) is 0 Å². The van der Waals surface area contributed by atoms with Crippen LogP contribution in [0.5, 0.6) is 5.75 Å². The van der Waals surface area contributed by atoms with E-state index >= 15 is 0 Å². The van der Waals surface area contributed by atoms with E-state index in [1.54, 1.807) is 24.3 Å². The first kappa shape index (κ1) is 22.3. The second-order valence-corrected chi connectivity index (χ2v) is 6.62. The highest BCUT2D eigenvalue weighted by atomic mass is 16.5. The van der Waals surface area contributed by atoms with Crippen LogP contribution < -0.4 is 16.0 Å². The molecule has 164 valence electrons. The molecule has 0 saturated heterocycles. The molecule has 9 heteroatoms. The Bertz CT molecular complexity index is 909. The van der Waals surface area contributed by atoms with Crippen molar-refractivity contribution in [3.05, 3.63) is 54.6 Å². The number of aromatic hydroxyl groups is 1. The maximum Gasteiger partial charge on any atom is 0.233 e. The van der Waals surface area contributed by atoms with E-state index in [9.17, 15) is 5.11 Å². The molecule has 0 saturated carbocycles. The molecule has 1 aromatic heterocycles. The van der Waals surface area contributed by atoms with Gasteiger partial charge in [-0.2, -0.15) is 15.0 Å². The fraction of sp³-hybridized carbons (Fsp3) is 0.318. The van der Waals surface area contributed by atoms with E-state index in [1.165, 1.54) is 0 Å². The molecule has 31 heavy (non-hydrogen) atoms. The van der Waals surface area contributed by atoms with Crippen LogP contribution in [-0.4, -0.2) is 53.0 Å². The topological polar surface area (TPSA) is 113 Å². The van der Waals surface area contributed by atoms with Gasteiger partial charge >= 0.3 is 0 Å². The quantitative estimate of drug-likeness (QED) is 0.239. The minimum atomic E-state index is 0.190. The standard InChI is InChI=1S/C22H28N6O3/c1-2-13-30-15-16-31-14-12-23-20-26-21(24-17-6-4-3-5-7-17)28-22(27-20)25-18-8-10-19(29)11-9-18/h3-11,29H,2,12-16H2,1H3,(H3,23,24,25,26,27,28). The van der Waals surface area contributed by atoms with Gasteiger partial charge in [0.15, 0.2) is 0 Å². The van der Waals surface area contributed by atoms with E-state index in [-0.39, 0.29) is 5.75 Å². The molecule has 1 heterocycles. The first-order chi connectivity index (χ1) is 15.2. The number of para-hydroxylation sites is 1. The zero-order valence-corrected chi connectivity index (χ0v) is 17.5. The molecule has 0 fully saturated rings. The molecule has 0 unspecified atom stereocenters. The molecule has 0 aliphatic rings. The van der Waals surface area contributed by atoms with Crippen LogP contribution >= 0.6 is 0 Å². The normalized spacial score (nSPS) is 10.6. The maximum atomic E-state index is 9.47. The lowest BCUT2D eigenvalue weighted by molar-refractivity contribution is 0.0518. The third-order valence-corrected chi connectivity index (χ3v) is 4.04. The van der Waals surface area contributed by atoms with Crippen molar-refractivity contribution in [3.63, 3.8) is 0 Å². The van der Waals surface area contributed by atoms with Gasteiger partial charge in [-0.05, 0) is 42.8 Å². The zero-order valence-electron chi connectivity index (χ0n) is 17.5. The molecule has 9 nitrogen and oxygen atoms in total. The van der Waals surface area contributed by atoms with Crippen LogP contribution in [0.25, 0.3) is 0 Å². The SMILES string of the molecule is CCCOCCOCCNc1nc(Nc2ccccc2)nc(Nc2ccc(O)cc2)n1. The summed E-state index contributed by atoms with van der Waals surface area (Å²) in [6.45, 7) is 5.01. The van der Waals surface area contributed by atoms with E-state index in [0.29, 0.717) is 44.2 Å². The number of anilines is 5. The van der Waals surface area contributed by atoms with Gasteiger partial charge in [0.2, 0.25) is 17.8 Å². The first-order valence-electron chi connectivity index (χ1n) is 10.3. The highest BCUT2D eigenvalue weighted by Gasteiger charge is 2.08. The van der Waals surface area contributed by atoms with E-state index in [4.69, 9.17) is 9.47 Å². The average Bonchev–Trinajstić information content (AvgIpc) is 2.78. The average molecular weight is 425 g/mol. The van der Waals surface area contributed by atoms with E-state index in [1.807, 2.05) is 30.3 Å². The Hall–Kier alpha value is -3.43. The molecule has 3 aromatic rings. The van der Waals surface area contributed by atoms with Crippen molar-refractivity contribution in [2.45, 2.75) is 13.3 Å². The summed E-state index contributed by atoms with van der Waals surface area (Å²) >= 11 is 0. The van der Waals surface area contributed by atoms with Crippen LogP contribution in [0.15, 0.2) is 54.6 Å². The number of phenols is 1. The molecule has 3 rings (SSSR count). The largest absolute Gasteiger partial charge is 0.508 e. The van der Waals surface area contributed by atoms with Crippen molar-refractivity contribution in [1.29, 1.82) is 0 Å². The zero-order chi connectivity index (χ0) is 21.7. The molecular weight excluding hydrogens is 396 g/mol. The van der Waals surface area contributed by atoms with E-state index in [0.717, 1.165) is 24.4 Å². The highest BCUT2D eigenvalue weighted by Crippen LogP contribution is 2.20. The van der Waals surface area contributed by atoms with Gasteiger partial charge in [-0.3, -0.25) is 0 Å². The number of ether oxygens (including phenoxy) is 2. The lowest BCUT2D eigenvalue weighted by Gasteiger charge is -2.12. The van der Waals surface area contributed by atoms with Crippen LogP contribution in [-0.2, 0) is 9.47 Å². The number of nitrogens with one attached hydrogen (secondary N) is 3. The Morgan fingerprint density at radius 1 is 0.710 bits per heavy atom. The summed E-state index contributed by atoms with van der Waals surface area (Å²) in [6.07, 6.45) is 1.00. The molecule has 0 amide bonds. The summed E-state index contributed by atoms with van der Waals surface area (Å²) in [4.78, 5) is 13.3. The summed E-state index contributed by atoms with van der Waals surface area (Å²) in [5.74, 6) is 1.38. The summed E-state index contributed by atoms with van der Waals surface area (Å²) in [5.41, 5.74) is 1.61. The van der Waals surface area contributed by atoms with Gasteiger partial charge < -0.3 is 30.5 Å². The molecule has 2 aromatic carbocycles. The van der Waals surface area contributed by atoms with Crippen LogP contribution in [0.4, 0.5) is 29.2 Å². The van der Waals surface area contributed by atoms with Gasteiger partial charge in [0, 0.05) is 24.5 Å². The molecule has 0 spiro atoms. The van der Waals surface area contributed by atoms with Gasteiger partial charge in [0.1, 0.15) is 5.75 Å². The number of rotatable bonds is 13. The van der Waals surface area contributed by atoms with Crippen molar-refractivity contribution in [3.8, 4) is 5.75 Å². The van der Waals surface area contributed by atoms with Crippen LogP contribution in [0.3, 0.4) is 0 Å². The van der Waals surface area contributed by atoms with Crippen LogP contribution in [0.2, 0.25) is 0 Å². The van der Waals surface area contributed by atoms with E-state index < -0.39 is 0 Å². The Balaban J connectivity index is 1.62. The minimum Gasteiger partial charge on any atom is -0.508 e. The first-order valence-corrected chi connectivity index (χ1v) is 10.3. The van der Waals surface area contributed by atoms with Crippen molar-refractivity contribution in [2.24, 2.45) is 0 Å². The van der Waals surface area contributed by atoms with Crippen molar-refractivity contribution < 1.29 is 14.6 Å². The number of benzene rings is 2. The Labute approximate surface area is 181 Å². The van der Waals surface area contributed by atoms with Gasteiger partial charge in [0.25, 0.3) is 0 Å². The Morgan fingerprint density at radius 3 is 1.94 bits per heavy atom. The fourth-order valence-electron chi connectivity index (χ4n) is 2.59. The number of hydrogen-bond acceptors (Lipinski definition) is 9. The number of nitrogens with zero attached hydrogens (tertiary/aromatic N) is 3. The van der Waals surface area contributed by atoms with Crippen molar-refractivity contribution in [2.75, 3.05) is 48.9 Å². The highest BCUT2D eigenvalue weighted by molar-refractivity contribution is 5.59. The van der Waals surface area contributed by atoms with Gasteiger partial charge in [0.05, 0.1) is 19.8 Å². The fourth-order valence-corrected chi connectivity index (χ4v) is 2.59. The third-order valence-electron chi connectivity index (χ3n) is 4.04. The molecule has 0 bridgehead atoms. The number of hydrogen-bond donors (Lipinski definition) is 4. The van der Waals surface area contributed by atoms with Gasteiger partial charge in [-0.15, -0.1) is 0 Å². The molecule has 4 N–H and O–H groups in total. The summed E-state index contributed by atoms with van der Waals surface area (Å²) in [7, 11) is 0. The van der Waals surface area contributed by atoms with Crippen molar-refractivity contribution >= 4 is 29.2 Å². The molecule has 0 aliphatic carbocycles. The Kier molecular flexibility index (Phi) is 8.84. The number of phenolic OH excluding ortho intramolecular Hbond substituents is 1. The summed E-state index contributed by atoms with van der Waals surface area (Å²) in [6, 6.07) is 16.3. The summed E-state index contributed by atoms with van der Waals surface area (Å²) < 4.78 is 10.9. The molecule has 0 aliphatic heterocycles. The third kappa shape index (κ3) is 8.07. The monoisotopic (exact) mass is 424 g/mol. The second-order valence-electron chi connectivity index (χ2n) is 6.62. The maximum absolute atomic E-state index is 9.47. The second kappa shape index (κ2) is 12.3. The molecule has 0 atom stereocenters. The predicted molar refractivity (Wildman–Crippen MR) is 121 cm³/mol.